The zero-order valence-electron chi connectivity index (χ0n) is 12.6. The Kier molecular flexibility index (Phi) is 4.74. The van der Waals surface area contributed by atoms with Gasteiger partial charge in [0.05, 0.1) is 0 Å². The van der Waals surface area contributed by atoms with Crippen molar-refractivity contribution in [1.82, 2.24) is 14.5 Å². The van der Waals surface area contributed by atoms with E-state index >= 15 is 0 Å². The first-order valence-electron chi connectivity index (χ1n) is 6.86. The maximum absolute atomic E-state index is 5.62. The van der Waals surface area contributed by atoms with Crippen molar-refractivity contribution in [3.8, 4) is 0 Å². The first-order valence-corrected chi connectivity index (χ1v) is 6.86. The molecule has 0 aliphatic carbocycles. The molecule has 0 aromatic carbocycles. The molecule has 0 N–H and O–H groups in total. The summed E-state index contributed by atoms with van der Waals surface area (Å²) in [6.07, 6.45) is 5.65. The van der Waals surface area contributed by atoms with Crippen molar-refractivity contribution in [2.75, 3.05) is 25.6 Å². The van der Waals surface area contributed by atoms with Crippen molar-refractivity contribution >= 4 is 5.82 Å². The predicted octanol–water partition coefficient (Wildman–Crippen LogP) is 2.49. The molecule has 2 aromatic heterocycles. The first-order chi connectivity index (χ1) is 9.61. The Labute approximate surface area is 120 Å². The van der Waals surface area contributed by atoms with E-state index in [-0.39, 0.29) is 6.10 Å². The fraction of sp³-hybridized carbons (Fsp3) is 0.467. The van der Waals surface area contributed by atoms with Gasteiger partial charge >= 0.3 is 0 Å². The topological polar surface area (TPSA) is 43.2 Å². The number of nitrogens with zero attached hydrogens (tertiary/aromatic N) is 4. The van der Waals surface area contributed by atoms with Crippen molar-refractivity contribution in [2.24, 2.45) is 0 Å². The van der Waals surface area contributed by atoms with Crippen molar-refractivity contribution in [2.45, 2.75) is 26.5 Å². The van der Waals surface area contributed by atoms with Gasteiger partial charge in [-0.15, -0.1) is 0 Å². The van der Waals surface area contributed by atoms with Crippen molar-refractivity contribution in [1.29, 1.82) is 0 Å². The van der Waals surface area contributed by atoms with Crippen LogP contribution in [0.15, 0.2) is 30.7 Å². The van der Waals surface area contributed by atoms with Gasteiger partial charge in [-0.1, -0.05) is 0 Å². The molecule has 5 heteroatoms. The molecule has 1 atom stereocenters. The zero-order chi connectivity index (χ0) is 14.5. The minimum absolute atomic E-state index is 0.00477. The number of rotatable bonds is 6. The van der Waals surface area contributed by atoms with Crippen LogP contribution in [0.4, 0.5) is 5.82 Å². The Morgan fingerprint density at radius 1 is 1.30 bits per heavy atom. The third-order valence-electron chi connectivity index (χ3n) is 3.15. The van der Waals surface area contributed by atoms with Gasteiger partial charge in [-0.2, -0.15) is 0 Å². The molecule has 0 amide bonds. The fourth-order valence-corrected chi connectivity index (χ4v) is 2.14. The number of hydrogen-bond acceptors (Lipinski definition) is 4. The van der Waals surface area contributed by atoms with Crippen LogP contribution in [-0.2, 0) is 11.3 Å². The van der Waals surface area contributed by atoms with Crippen molar-refractivity contribution < 1.29 is 4.74 Å². The monoisotopic (exact) mass is 274 g/mol. The van der Waals surface area contributed by atoms with Crippen LogP contribution in [0.25, 0.3) is 0 Å². The molecule has 5 nitrogen and oxygen atoms in total. The van der Waals surface area contributed by atoms with E-state index < -0.39 is 0 Å². The largest absolute Gasteiger partial charge is 0.371 e. The Morgan fingerprint density at radius 3 is 2.80 bits per heavy atom. The summed E-state index contributed by atoms with van der Waals surface area (Å²) in [4.78, 5) is 10.7. The average Bonchev–Trinajstić information content (AvgIpc) is 2.87. The molecule has 0 saturated heterocycles. The van der Waals surface area contributed by atoms with Crippen LogP contribution in [0.1, 0.15) is 31.3 Å². The van der Waals surface area contributed by atoms with E-state index in [1.165, 1.54) is 5.56 Å². The number of ether oxygens (including phenoxy) is 1. The molecule has 108 valence electrons. The lowest BCUT2D eigenvalue weighted by atomic mass is 10.2. The predicted molar refractivity (Wildman–Crippen MR) is 79.9 cm³/mol. The van der Waals surface area contributed by atoms with Gasteiger partial charge in [0, 0.05) is 45.8 Å². The van der Waals surface area contributed by atoms with E-state index in [4.69, 9.17) is 4.74 Å². The number of anilines is 1. The molecule has 2 heterocycles. The second-order valence-corrected chi connectivity index (χ2v) is 4.93. The van der Waals surface area contributed by atoms with Gasteiger partial charge in [0.2, 0.25) is 0 Å². The number of pyridine rings is 1. The summed E-state index contributed by atoms with van der Waals surface area (Å²) in [5, 5.41) is 0. The smallest absolute Gasteiger partial charge is 0.137 e. The fourth-order valence-electron chi connectivity index (χ4n) is 2.14. The van der Waals surface area contributed by atoms with Gasteiger partial charge in [0.1, 0.15) is 17.7 Å². The summed E-state index contributed by atoms with van der Waals surface area (Å²) in [6.45, 7) is 5.49. The molecule has 2 rings (SSSR count). The zero-order valence-corrected chi connectivity index (χ0v) is 12.6. The summed E-state index contributed by atoms with van der Waals surface area (Å²) >= 11 is 0. The highest BCUT2D eigenvalue weighted by molar-refractivity contribution is 5.39. The molecular weight excluding hydrogens is 252 g/mol. The molecule has 1 unspecified atom stereocenters. The minimum atomic E-state index is 0.00477. The lowest BCUT2D eigenvalue weighted by Crippen LogP contribution is -2.12. The van der Waals surface area contributed by atoms with Crippen molar-refractivity contribution in [3.63, 3.8) is 0 Å². The summed E-state index contributed by atoms with van der Waals surface area (Å²) in [6, 6.07) is 4.12. The first kappa shape index (κ1) is 14.5. The molecule has 0 spiro atoms. The van der Waals surface area contributed by atoms with Crippen LogP contribution < -0.4 is 4.90 Å². The summed E-state index contributed by atoms with van der Waals surface area (Å²) in [5.74, 6) is 1.91. The van der Waals surface area contributed by atoms with Crippen LogP contribution in [0.5, 0.6) is 0 Å². The van der Waals surface area contributed by atoms with Crippen LogP contribution in [-0.4, -0.2) is 35.2 Å². The normalized spacial score (nSPS) is 12.4. The number of aromatic nitrogens is 3. The third kappa shape index (κ3) is 3.36. The second kappa shape index (κ2) is 6.52. The minimum Gasteiger partial charge on any atom is -0.371 e. The van der Waals surface area contributed by atoms with Gasteiger partial charge in [0.25, 0.3) is 0 Å². The van der Waals surface area contributed by atoms with Gasteiger partial charge in [0.15, 0.2) is 0 Å². The summed E-state index contributed by atoms with van der Waals surface area (Å²) in [7, 11) is 3.98. The molecule has 0 fully saturated rings. The highest BCUT2D eigenvalue weighted by Gasteiger charge is 2.12. The number of hydrogen-bond donors (Lipinski definition) is 0. The molecule has 0 radical (unpaired) electrons. The highest BCUT2D eigenvalue weighted by Crippen LogP contribution is 2.17. The Hall–Kier alpha value is -1.88. The van der Waals surface area contributed by atoms with Crippen molar-refractivity contribution in [3.05, 3.63) is 42.1 Å². The molecule has 0 aliphatic heterocycles. The Bertz CT molecular complexity index is 550. The Morgan fingerprint density at radius 2 is 2.10 bits per heavy atom. The quantitative estimate of drug-likeness (QED) is 0.811. The molecule has 0 aliphatic rings. The lowest BCUT2D eigenvalue weighted by Gasteiger charge is -2.15. The molecule has 2 aromatic rings. The standard InChI is InChI=1S/C15H22N4O/c1-5-20-12(2)15-17-8-9-19(15)11-13-6-7-16-14(10-13)18(3)4/h6-10,12H,5,11H2,1-4H3. The molecule has 0 saturated carbocycles. The summed E-state index contributed by atoms with van der Waals surface area (Å²) < 4.78 is 7.74. The van der Waals surface area contributed by atoms with E-state index in [2.05, 4.69) is 20.6 Å². The van der Waals surface area contributed by atoms with Crippen LogP contribution >= 0.6 is 0 Å². The number of imidazole rings is 1. The summed E-state index contributed by atoms with van der Waals surface area (Å²) in [5.41, 5.74) is 1.20. The maximum Gasteiger partial charge on any atom is 0.137 e. The van der Waals surface area contributed by atoms with Gasteiger partial charge in [-0.05, 0) is 31.5 Å². The van der Waals surface area contributed by atoms with Gasteiger partial charge in [-0.25, -0.2) is 9.97 Å². The molecule has 0 bridgehead atoms. The SMILES string of the molecule is CCOC(C)c1nccn1Cc1ccnc(N(C)C)c1. The average molecular weight is 274 g/mol. The van der Waals surface area contributed by atoms with E-state index in [0.717, 1.165) is 18.2 Å². The Balaban J connectivity index is 2.18. The third-order valence-corrected chi connectivity index (χ3v) is 3.15. The maximum atomic E-state index is 5.62. The van der Waals surface area contributed by atoms with Gasteiger partial charge in [-0.3, -0.25) is 0 Å². The lowest BCUT2D eigenvalue weighted by molar-refractivity contribution is 0.0677. The second-order valence-electron chi connectivity index (χ2n) is 4.93. The van der Waals surface area contributed by atoms with E-state index in [0.29, 0.717) is 6.61 Å². The van der Waals surface area contributed by atoms with E-state index in [9.17, 15) is 0 Å². The van der Waals surface area contributed by atoms with E-state index in [1.54, 1.807) is 0 Å². The van der Waals surface area contributed by atoms with Crippen LogP contribution in [0, 0.1) is 0 Å². The van der Waals surface area contributed by atoms with E-state index in [1.807, 2.05) is 57.5 Å². The van der Waals surface area contributed by atoms with Crippen LogP contribution in [0.2, 0.25) is 0 Å². The van der Waals surface area contributed by atoms with Crippen LogP contribution in [0.3, 0.4) is 0 Å². The highest BCUT2D eigenvalue weighted by atomic mass is 16.5. The van der Waals surface area contributed by atoms with Gasteiger partial charge < -0.3 is 14.2 Å². The molecule has 20 heavy (non-hydrogen) atoms. The molecular formula is C15H22N4O.